The van der Waals surface area contributed by atoms with E-state index in [-0.39, 0.29) is 11.9 Å². The monoisotopic (exact) mass is 542 g/mol. The number of hydrogen-bond acceptors (Lipinski definition) is 8. The summed E-state index contributed by atoms with van der Waals surface area (Å²) in [5.41, 5.74) is 5.15. The molecule has 3 aliphatic rings. The summed E-state index contributed by atoms with van der Waals surface area (Å²) >= 11 is 1.68. The van der Waals surface area contributed by atoms with E-state index in [9.17, 15) is 4.79 Å². The molecule has 6 heterocycles. The number of likely N-dealkylation sites (N-methyl/N-ethyl adjacent to an activating group) is 1. The van der Waals surface area contributed by atoms with Crippen LogP contribution in [0.1, 0.15) is 51.5 Å². The molecule has 39 heavy (non-hydrogen) atoms. The third kappa shape index (κ3) is 4.98. The quantitative estimate of drug-likeness (QED) is 0.387. The molecule has 2 aliphatic heterocycles. The Labute approximate surface area is 232 Å². The number of carbonyl (C=O) groups excluding carboxylic acids is 1. The molecule has 1 fully saturated rings. The maximum absolute atomic E-state index is 13.1. The fraction of sp³-hybridized carbons (Fsp3) is 0.448. The highest BCUT2D eigenvalue weighted by molar-refractivity contribution is 7.14. The number of amides is 1. The van der Waals surface area contributed by atoms with Gasteiger partial charge in [-0.25, -0.2) is 4.98 Å². The predicted molar refractivity (Wildman–Crippen MR) is 155 cm³/mol. The van der Waals surface area contributed by atoms with Gasteiger partial charge in [0.05, 0.1) is 28.3 Å². The van der Waals surface area contributed by atoms with Crippen molar-refractivity contribution in [1.29, 1.82) is 0 Å². The number of nitrogens with one attached hydrogen (secondary N) is 2. The first kappa shape index (κ1) is 24.5. The molecule has 202 valence electrons. The Balaban J connectivity index is 1.11. The lowest BCUT2D eigenvalue weighted by molar-refractivity contribution is 0.0937. The molecule has 2 N–H and O–H groups in total. The Kier molecular flexibility index (Phi) is 6.44. The van der Waals surface area contributed by atoms with Crippen LogP contribution in [0.25, 0.3) is 11.0 Å². The highest BCUT2D eigenvalue weighted by Gasteiger charge is 2.26. The number of aryl methyl sites for hydroxylation is 2. The Morgan fingerprint density at radius 3 is 2.95 bits per heavy atom. The molecule has 0 bridgehead atoms. The molecule has 0 unspecified atom stereocenters. The minimum atomic E-state index is 0.0636. The van der Waals surface area contributed by atoms with Gasteiger partial charge in [0.15, 0.2) is 5.82 Å². The second kappa shape index (κ2) is 10.2. The van der Waals surface area contributed by atoms with Crippen molar-refractivity contribution in [3.8, 4) is 0 Å². The molecular weight excluding hydrogens is 508 g/mol. The van der Waals surface area contributed by atoms with Crippen molar-refractivity contribution in [3.63, 3.8) is 0 Å². The first-order chi connectivity index (χ1) is 19.1. The number of piperidine rings is 1. The van der Waals surface area contributed by atoms with Gasteiger partial charge in [-0.05, 0) is 69.3 Å². The maximum Gasteiger partial charge on any atom is 0.261 e. The molecule has 7 rings (SSSR count). The summed E-state index contributed by atoms with van der Waals surface area (Å²) in [6.07, 6.45) is 8.46. The number of thiophene rings is 1. The van der Waals surface area contributed by atoms with E-state index in [1.807, 2.05) is 12.1 Å². The molecular formula is C29H34N8OS. The largest absolute Gasteiger partial charge is 0.354 e. The number of hydrogen-bond donors (Lipinski definition) is 2. The Hall–Kier alpha value is -3.50. The van der Waals surface area contributed by atoms with Gasteiger partial charge < -0.3 is 15.5 Å². The van der Waals surface area contributed by atoms with Crippen LogP contribution in [0.3, 0.4) is 0 Å². The van der Waals surface area contributed by atoms with Crippen molar-refractivity contribution in [3.05, 3.63) is 57.5 Å². The number of pyridine rings is 2. The molecule has 4 aromatic heterocycles. The zero-order valence-corrected chi connectivity index (χ0v) is 23.1. The average Bonchev–Trinajstić information content (AvgIpc) is 3.57. The molecule has 0 spiro atoms. The van der Waals surface area contributed by atoms with Crippen LogP contribution in [0.4, 0.5) is 17.3 Å². The van der Waals surface area contributed by atoms with E-state index >= 15 is 0 Å². The van der Waals surface area contributed by atoms with Crippen LogP contribution in [0.15, 0.2) is 36.5 Å². The zero-order valence-electron chi connectivity index (χ0n) is 22.3. The van der Waals surface area contributed by atoms with E-state index in [0.29, 0.717) is 0 Å². The van der Waals surface area contributed by atoms with Crippen LogP contribution in [-0.2, 0) is 25.9 Å². The van der Waals surface area contributed by atoms with Crippen molar-refractivity contribution in [2.45, 2.75) is 57.7 Å². The summed E-state index contributed by atoms with van der Waals surface area (Å²) < 4.78 is 2.09. The summed E-state index contributed by atoms with van der Waals surface area (Å²) in [7, 11) is 2.14. The molecule has 0 radical (unpaired) electrons. The van der Waals surface area contributed by atoms with Gasteiger partial charge in [-0.15, -0.1) is 11.3 Å². The topological polar surface area (TPSA) is 91.2 Å². The summed E-state index contributed by atoms with van der Waals surface area (Å²) in [5, 5.41) is 11.7. The molecule has 1 saturated heterocycles. The van der Waals surface area contributed by atoms with Gasteiger partial charge in [0.1, 0.15) is 11.3 Å². The molecule has 1 aliphatic carbocycles. The number of anilines is 3. The summed E-state index contributed by atoms with van der Waals surface area (Å²) in [4.78, 5) is 29.6. The predicted octanol–water partition coefficient (Wildman–Crippen LogP) is 4.35. The second-order valence-corrected chi connectivity index (χ2v) is 12.2. The number of rotatable bonds is 5. The minimum absolute atomic E-state index is 0.0636. The van der Waals surface area contributed by atoms with Crippen molar-refractivity contribution >= 4 is 45.6 Å². The molecule has 1 atom stereocenters. The molecule has 4 aromatic rings. The summed E-state index contributed by atoms with van der Waals surface area (Å²) in [6.45, 7) is 4.43. The van der Waals surface area contributed by atoms with Crippen LogP contribution < -0.4 is 15.5 Å². The van der Waals surface area contributed by atoms with Gasteiger partial charge in [0, 0.05) is 55.4 Å². The van der Waals surface area contributed by atoms with Gasteiger partial charge in [0.25, 0.3) is 5.91 Å². The number of nitrogens with zero attached hydrogens (tertiary/aromatic N) is 6. The smallest absolute Gasteiger partial charge is 0.261 e. The highest BCUT2D eigenvalue weighted by Crippen LogP contribution is 2.32. The first-order valence-electron chi connectivity index (χ1n) is 14.0. The van der Waals surface area contributed by atoms with E-state index in [0.717, 1.165) is 91.6 Å². The molecule has 9 nitrogen and oxygen atoms in total. The number of fused-ring (bicyclic) bond motifs is 3. The lowest BCUT2D eigenvalue weighted by Gasteiger charge is -2.34. The van der Waals surface area contributed by atoms with E-state index in [1.54, 1.807) is 17.5 Å². The fourth-order valence-corrected chi connectivity index (χ4v) is 7.22. The summed E-state index contributed by atoms with van der Waals surface area (Å²) in [5.74, 6) is 1.78. The van der Waals surface area contributed by atoms with Crippen LogP contribution in [0.2, 0.25) is 0 Å². The van der Waals surface area contributed by atoms with Crippen molar-refractivity contribution < 1.29 is 4.79 Å². The fourth-order valence-electron chi connectivity index (χ4n) is 6.06. The molecule has 0 aromatic carbocycles. The average molecular weight is 543 g/mol. The molecule has 10 heteroatoms. The van der Waals surface area contributed by atoms with Gasteiger partial charge in [-0.2, -0.15) is 5.10 Å². The third-order valence-corrected chi connectivity index (χ3v) is 9.34. The zero-order chi connectivity index (χ0) is 26.3. The van der Waals surface area contributed by atoms with Crippen LogP contribution in [0.5, 0.6) is 0 Å². The molecule has 0 saturated carbocycles. The van der Waals surface area contributed by atoms with E-state index < -0.39 is 0 Å². The SMILES string of the molecule is CN1CCn2nc(Nc3cc(N4CCC[C@H](NC(=O)c5cc6c(s5)CCCC6)C4)nc4cccnc34)cc2C1. The van der Waals surface area contributed by atoms with E-state index in [1.165, 1.54) is 29.0 Å². The Morgan fingerprint density at radius 1 is 1.10 bits per heavy atom. The van der Waals surface area contributed by atoms with Crippen LogP contribution in [0, 0.1) is 0 Å². The van der Waals surface area contributed by atoms with Crippen molar-refractivity contribution in [2.75, 3.05) is 36.9 Å². The van der Waals surface area contributed by atoms with E-state index in [2.05, 4.69) is 55.3 Å². The van der Waals surface area contributed by atoms with Crippen LogP contribution in [-0.4, -0.2) is 63.3 Å². The lowest BCUT2D eigenvalue weighted by Crippen LogP contribution is -2.48. The maximum atomic E-state index is 13.1. The highest BCUT2D eigenvalue weighted by atomic mass is 32.1. The lowest BCUT2D eigenvalue weighted by atomic mass is 9.99. The van der Waals surface area contributed by atoms with Gasteiger partial charge in [-0.1, -0.05) is 0 Å². The third-order valence-electron chi connectivity index (χ3n) is 8.10. The second-order valence-electron chi connectivity index (χ2n) is 11.0. The van der Waals surface area contributed by atoms with Gasteiger partial charge >= 0.3 is 0 Å². The van der Waals surface area contributed by atoms with Crippen LogP contribution >= 0.6 is 11.3 Å². The molecule has 1 amide bonds. The normalized spacial score (nSPS) is 19.5. The summed E-state index contributed by atoms with van der Waals surface area (Å²) in [6, 6.07) is 10.3. The number of carbonyl (C=O) groups is 1. The van der Waals surface area contributed by atoms with Gasteiger partial charge in [-0.3, -0.25) is 19.4 Å². The first-order valence-corrected chi connectivity index (χ1v) is 14.9. The standard InChI is InChI=1S/C29H34N8OS/c1-35-12-13-37-21(18-35)15-26(34-37)32-23-16-27(33-22-8-4-10-30-28(22)23)36-11-5-7-20(17-36)31-29(38)25-14-19-6-2-3-9-24(19)39-25/h4,8,10,14-16,20H,2-3,5-7,9,11-13,17-18H2,1H3,(H,31,38)(H,32,33,34)/t20-/m0/s1. The Morgan fingerprint density at radius 2 is 2.03 bits per heavy atom. The number of aromatic nitrogens is 4. The van der Waals surface area contributed by atoms with Gasteiger partial charge in [0.2, 0.25) is 0 Å². The van der Waals surface area contributed by atoms with E-state index in [4.69, 9.17) is 10.1 Å². The van der Waals surface area contributed by atoms with Crippen molar-refractivity contribution in [2.24, 2.45) is 0 Å². The van der Waals surface area contributed by atoms with Crippen molar-refractivity contribution in [1.82, 2.24) is 30.0 Å². The Bertz CT molecular complexity index is 1500. The minimum Gasteiger partial charge on any atom is -0.354 e.